The molecule has 4 nitrogen and oxygen atoms in total. The Kier molecular flexibility index (Phi) is 11.0. The molecule has 20 heavy (non-hydrogen) atoms. The van der Waals surface area contributed by atoms with Crippen molar-refractivity contribution in [1.82, 2.24) is 5.09 Å². The molecule has 0 aromatic heterocycles. The van der Waals surface area contributed by atoms with Gasteiger partial charge in [-0.2, -0.15) is 0 Å². The Balaban J connectivity index is 0. The summed E-state index contributed by atoms with van der Waals surface area (Å²) in [6, 6.07) is -0.449. The van der Waals surface area contributed by atoms with Crippen LogP contribution in [0, 0.1) is 5.92 Å². The number of nitrogens with zero attached hydrogens (tertiary/aromatic N) is 1. The van der Waals surface area contributed by atoms with Crippen LogP contribution >= 0.6 is 16.9 Å². The Hall–Kier alpha value is 0.620. The Bertz CT molecular complexity index is 344. The first-order chi connectivity index (χ1) is 8.71. The van der Waals surface area contributed by atoms with E-state index < -0.39 is 11.7 Å². The molecule has 8 heteroatoms. The van der Waals surface area contributed by atoms with E-state index in [1.165, 1.54) is 7.11 Å². The normalized spacial score (nSPS) is 16.2. The van der Waals surface area contributed by atoms with Gasteiger partial charge >= 0.3 is 5.97 Å². The fraction of sp³-hybridized carbons (Fsp3) is 0.917. The zero-order valence-corrected chi connectivity index (χ0v) is 16.4. The molecule has 0 aliphatic carbocycles. The molecular weight excluding hydrogens is 338 g/mol. The van der Waals surface area contributed by atoms with Crippen molar-refractivity contribution in [2.45, 2.75) is 40.7 Å². The average molecular weight is 365 g/mol. The highest BCUT2D eigenvalue weighted by molar-refractivity contribution is 8.23. The SMILES string of the molecule is CC[N+](CC)(CC)P(=S)(Cl)N[C@@H](C(=O)OC)C(C)C.[Cl-]. The number of hydrogen-bond donors (Lipinski definition) is 1. The van der Waals surface area contributed by atoms with Crippen molar-refractivity contribution in [2.75, 3.05) is 26.7 Å². The van der Waals surface area contributed by atoms with Crippen LogP contribution in [0.25, 0.3) is 0 Å². The number of rotatable bonds is 8. The van der Waals surface area contributed by atoms with Crippen LogP contribution in [0.5, 0.6) is 0 Å². The third kappa shape index (κ3) is 5.11. The van der Waals surface area contributed by atoms with Gasteiger partial charge in [-0.1, -0.05) is 13.8 Å². The Morgan fingerprint density at radius 1 is 1.30 bits per heavy atom. The molecule has 1 unspecified atom stereocenters. The first kappa shape index (κ1) is 22.9. The quantitative estimate of drug-likeness (QED) is 0.490. The van der Waals surface area contributed by atoms with E-state index in [4.69, 9.17) is 27.8 Å². The van der Waals surface area contributed by atoms with Gasteiger partial charge in [0.05, 0.1) is 26.7 Å². The monoisotopic (exact) mass is 364 g/mol. The van der Waals surface area contributed by atoms with Crippen molar-refractivity contribution in [2.24, 2.45) is 5.92 Å². The van der Waals surface area contributed by atoms with Crippen molar-refractivity contribution in [1.29, 1.82) is 0 Å². The van der Waals surface area contributed by atoms with Crippen LogP contribution in [0.15, 0.2) is 0 Å². The molecule has 0 amide bonds. The summed E-state index contributed by atoms with van der Waals surface area (Å²) in [4.78, 5) is 11.8. The highest BCUT2D eigenvalue weighted by atomic mass is 35.7. The van der Waals surface area contributed by atoms with Crippen molar-refractivity contribution >= 4 is 34.7 Å². The van der Waals surface area contributed by atoms with Crippen LogP contribution in [-0.4, -0.2) is 43.0 Å². The maximum Gasteiger partial charge on any atom is 0.323 e. The van der Waals surface area contributed by atoms with Crippen LogP contribution in [0.4, 0.5) is 0 Å². The van der Waals surface area contributed by atoms with Crippen molar-refractivity contribution < 1.29 is 26.2 Å². The van der Waals surface area contributed by atoms with Crippen molar-refractivity contribution in [3.05, 3.63) is 0 Å². The molecule has 0 bridgehead atoms. The molecule has 0 rings (SSSR count). The summed E-state index contributed by atoms with van der Waals surface area (Å²) in [6.45, 7) is 12.7. The lowest BCUT2D eigenvalue weighted by molar-refractivity contribution is -0.801. The summed E-state index contributed by atoms with van der Waals surface area (Å²) in [5, 5.41) is 3.23. The van der Waals surface area contributed by atoms with E-state index in [0.29, 0.717) is 4.25 Å². The van der Waals surface area contributed by atoms with E-state index in [0.717, 1.165) is 19.6 Å². The number of carbonyl (C=O) groups excluding carboxylic acids is 1. The minimum Gasteiger partial charge on any atom is -1.00 e. The number of ether oxygens (including phenoxy) is 1. The highest BCUT2D eigenvalue weighted by Gasteiger charge is 2.42. The second kappa shape index (κ2) is 9.60. The molecule has 0 saturated heterocycles. The molecule has 2 atom stereocenters. The molecule has 0 aromatic rings. The van der Waals surface area contributed by atoms with Gasteiger partial charge in [0.2, 0.25) is 0 Å². The van der Waals surface area contributed by atoms with E-state index in [1.807, 2.05) is 13.8 Å². The predicted octanol–water partition coefficient (Wildman–Crippen LogP) is 0.117. The number of methoxy groups -OCH3 is 1. The molecule has 1 N–H and O–H groups in total. The standard InChI is InChI=1S/C12H27ClN2O2PS.ClH/c1-7-15(8-2,9-3)18(13,19)14-11(10(4)5)12(16)17-6;/h10-11H,7-9H2,1-6H3,(H,14,19);1H/q+1;/p-1/t11-,18?;/m1./s1. The van der Waals surface area contributed by atoms with Gasteiger partial charge in [-0.3, -0.25) is 9.05 Å². The van der Waals surface area contributed by atoms with E-state index >= 15 is 0 Å². The fourth-order valence-electron chi connectivity index (χ4n) is 2.11. The Labute approximate surface area is 139 Å². The summed E-state index contributed by atoms with van der Waals surface area (Å²) >= 11 is 12.3. The Morgan fingerprint density at radius 3 is 1.95 bits per heavy atom. The molecule has 0 aliphatic rings. The zero-order valence-electron chi connectivity index (χ0n) is 13.2. The summed E-state index contributed by atoms with van der Waals surface area (Å²) in [6.07, 6.45) is 0. The minimum absolute atomic E-state index is 0. The lowest BCUT2D eigenvalue weighted by Gasteiger charge is -2.43. The largest absolute Gasteiger partial charge is 1.00 e. The first-order valence-corrected chi connectivity index (χ1v) is 10.4. The minimum atomic E-state index is -2.42. The van der Waals surface area contributed by atoms with Gasteiger partial charge in [-0.05, 0) is 49.7 Å². The number of quaternary nitrogens is 1. The predicted molar refractivity (Wildman–Crippen MR) is 85.8 cm³/mol. The summed E-state index contributed by atoms with van der Waals surface area (Å²) in [5.41, 5.74) is -2.42. The molecule has 0 aromatic carbocycles. The molecule has 0 heterocycles. The summed E-state index contributed by atoms with van der Waals surface area (Å²) in [7, 11) is 1.39. The number of esters is 1. The smallest absolute Gasteiger partial charge is 0.323 e. The van der Waals surface area contributed by atoms with Gasteiger partial charge in [0.25, 0.3) is 5.69 Å². The van der Waals surface area contributed by atoms with Gasteiger partial charge in [-0.25, -0.2) is 5.09 Å². The lowest BCUT2D eigenvalue weighted by Crippen LogP contribution is -3.00. The number of nitrogens with one attached hydrogen (secondary N) is 1. The van der Waals surface area contributed by atoms with Crippen molar-refractivity contribution in [3.63, 3.8) is 0 Å². The topological polar surface area (TPSA) is 38.3 Å². The second-order valence-corrected chi connectivity index (χ2v) is 10.7. The Morgan fingerprint density at radius 2 is 1.70 bits per heavy atom. The van der Waals surface area contributed by atoms with Gasteiger partial charge in [-0.15, -0.1) is 0 Å². The van der Waals surface area contributed by atoms with Crippen LogP contribution in [0.1, 0.15) is 34.6 Å². The maximum absolute atomic E-state index is 11.8. The molecule has 0 aliphatic heterocycles. The van der Waals surface area contributed by atoms with Gasteiger partial charge in [0.1, 0.15) is 6.04 Å². The van der Waals surface area contributed by atoms with Gasteiger partial charge in [0, 0.05) is 0 Å². The number of hydrogen-bond acceptors (Lipinski definition) is 3. The zero-order chi connectivity index (χ0) is 15.3. The molecule has 0 spiro atoms. The van der Waals surface area contributed by atoms with Gasteiger partial charge < -0.3 is 17.1 Å². The van der Waals surface area contributed by atoms with Gasteiger partial charge in [0.15, 0.2) is 0 Å². The van der Waals surface area contributed by atoms with E-state index in [2.05, 4.69) is 25.9 Å². The number of halogens is 2. The van der Waals surface area contributed by atoms with E-state index in [1.54, 1.807) is 0 Å². The van der Waals surface area contributed by atoms with Crippen LogP contribution in [0.2, 0.25) is 0 Å². The summed E-state index contributed by atoms with van der Waals surface area (Å²) < 4.78 is 5.47. The molecule has 0 radical (unpaired) electrons. The van der Waals surface area contributed by atoms with Crippen LogP contribution in [-0.2, 0) is 21.3 Å². The third-order valence-electron chi connectivity index (χ3n) is 3.73. The average Bonchev–Trinajstić information content (AvgIpc) is 2.37. The molecule has 122 valence electrons. The van der Waals surface area contributed by atoms with Crippen LogP contribution < -0.4 is 17.5 Å². The fourth-order valence-corrected chi connectivity index (χ4v) is 6.85. The molecular formula is C12H27Cl2N2O2PS. The van der Waals surface area contributed by atoms with E-state index in [-0.39, 0.29) is 24.3 Å². The molecule has 0 fully saturated rings. The van der Waals surface area contributed by atoms with Crippen molar-refractivity contribution in [3.8, 4) is 0 Å². The lowest BCUT2D eigenvalue weighted by atomic mass is 10.1. The van der Waals surface area contributed by atoms with Crippen LogP contribution in [0.3, 0.4) is 0 Å². The number of carbonyl (C=O) groups is 1. The maximum atomic E-state index is 11.8. The summed E-state index contributed by atoms with van der Waals surface area (Å²) in [5.74, 6) is -0.215. The highest BCUT2D eigenvalue weighted by Crippen LogP contribution is 2.57. The molecule has 0 saturated carbocycles. The third-order valence-corrected chi connectivity index (χ3v) is 8.88. The second-order valence-electron chi connectivity index (χ2n) is 4.92. The van der Waals surface area contributed by atoms with E-state index in [9.17, 15) is 4.79 Å². The first-order valence-electron chi connectivity index (χ1n) is 6.73.